The smallest absolute Gasteiger partial charge is 0.239 e. The van der Waals surface area contributed by atoms with Gasteiger partial charge in [0, 0.05) is 11.6 Å². The fraction of sp³-hybridized carbons (Fsp3) is 0.222. The monoisotopic (exact) mass is 398 g/mol. The topological polar surface area (TPSA) is 58.2 Å². The van der Waals surface area contributed by atoms with E-state index >= 15 is 0 Å². The van der Waals surface area contributed by atoms with Gasteiger partial charge < -0.3 is 10.6 Å². The van der Waals surface area contributed by atoms with Gasteiger partial charge in [-0.2, -0.15) is 0 Å². The van der Waals surface area contributed by atoms with Gasteiger partial charge in [0.15, 0.2) is 0 Å². The quantitative estimate of drug-likeness (QED) is 0.701. The molecule has 0 heterocycles. The summed E-state index contributed by atoms with van der Waals surface area (Å²) in [5, 5.41) is 6.59. The van der Waals surface area contributed by atoms with Crippen LogP contribution in [0.1, 0.15) is 19.4 Å². The molecule has 7 heteroatoms. The number of carbonyl (C=O) groups is 2. The molecular weight excluding hydrogens is 383 g/mol. The van der Waals surface area contributed by atoms with Gasteiger partial charge in [-0.25, -0.2) is 0 Å². The number of anilines is 1. The molecule has 25 heavy (non-hydrogen) atoms. The van der Waals surface area contributed by atoms with E-state index in [0.29, 0.717) is 21.6 Å². The molecule has 2 rings (SSSR count). The van der Waals surface area contributed by atoms with Gasteiger partial charge >= 0.3 is 0 Å². The second-order valence-electron chi connectivity index (χ2n) is 5.98. The summed E-state index contributed by atoms with van der Waals surface area (Å²) in [7, 11) is 0. The van der Waals surface area contributed by atoms with E-state index in [9.17, 15) is 9.59 Å². The van der Waals surface area contributed by atoms with Crippen molar-refractivity contribution in [2.45, 2.75) is 20.4 Å². The third kappa shape index (κ3) is 4.88. The first-order valence-corrected chi connectivity index (χ1v) is 8.63. The lowest BCUT2D eigenvalue weighted by molar-refractivity contribution is -0.138. The highest BCUT2D eigenvalue weighted by molar-refractivity contribution is 6.40. The molecular formula is C18H17Cl3N2O2. The van der Waals surface area contributed by atoms with E-state index < -0.39 is 17.2 Å². The van der Waals surface area contributed by atoms with Crippen molar-refractivity contribution in [2.24, 2.45) is 5.41 Å². The van der Waals surface area contributed by atoms with Crippen LogP contribution in [0.5, 0.6) is 0 Å². The first-order chi connectivity index (χ1) is 11.7. The van der Waals surface area contributed by atoms with E-state index in [-0.39, 0.29) is 5.69 Å². The Bertz CT molecular complexity index is 769. The lowest BCUT2D eigenvalue weighted by Gasteiger charge is -2.23. The molecule has 0 bridgehead atoms. The number of rotatable bonds is 5. The van der Waals surface area contributed by atoms with Crippen LogP contribution in [0.2, 0.25) is 15.1 Å². The number of amides is 2. The maximum Gasteiger partial charge on any atom is 0.239 e. The highest BCUT2D eigenvalue weighted by atomic mass is 35.5. The van der Waals surface area contributed by atoms with Crippen LogP contribution in [-0.2, 0) is 16.1 Å². The largest absolute Gasteiger partial charge is 0.351 e. The number of benzene rings is 2. The molecule has 0 aromatic heterocycles. The molecule has 0 aliphatic carbocycles. The molecule has 0 atom stereocenters. The van der Waals surface area contributed by atoms with Crippen LogP contribution in [0, 0.1) is 5.41 Å². The summed E-state index contributed by atoms with van der Waals surface area (Å²) < 4.78 is 0. The lowest BCUT2D eigenvalue weighted by atomic mass is 9.90. The molecule has 0 radical (unpaired) electrons. The van der Waals surface area contributed by atoms with Crippen LogP contribution in [-0.4, -0.2) is 11.8 Å². The Balaban J connectivity index is 2.04. The maximum atomic E-state index is 12.5. The van der Waals surface area contributed by atoms with Crippen LogP contribution in [0.25, 0.3) is 0 Å². The maximum absolute atomic E-state index is 12.5. The second kappa shape index (κ2) is 8.09. The summed E-state index contributed by atoms with van der Waals surface area (Å²) >= 11 is 17.9. The van der Waals surface area contributed by atoms with E-state index in [2.05, 4.69) is 10.6 Å². The molecule has 132 valence electrons. The van der Waals surface area contributed by atoms with Crippen molar-refractivity contribution < 1.29 is 9.59 Å². The van der Waals surface area contributed by atoms with E-state index in [1.807, 2.05) is 0 Å². The Morgan fingerprint density at radius 3 is 2.04 bits per heavy atom. The average Bonchev–Trinajstić information content (AvgIpc) is 2.57. The van der Waals surface area contributed by atoms with Gasteiger partial charge in [0.05, 0.1) is 15.7 Å². The molecule has 0 saturated carbocycles. The number of hydrogen-bond acceptors (Lipinski definition) is 2. The molecule has 0 saturated heterocycles. The first-order valence-electron chi connectivity index (χ1n) is 7.50. The fourth-order valence-electron chi connectivity index (χ4n) is 2.00. The lowest BCUT2D eigenvalue weighted by Crippen LogP contribution is -2.44. The van der Waals surface area contributed by atoms with Gasteiger partial charge in [0.1, 0.15) is 5.41 Å². The number of hydrogen-bond donors (Lipinski definition) is 2. The summed E-state index contributed by atoms with van der Waals surface area (Å²) in [5.41, 5.74) is -0.146. The molecule has 2 amide bonds. The van der Waals surface area contributed by atoms with E-state index in [4.69, 9.17) is 34.8 Å². The Hall–Kier alpha value is -1.75. The van der Waals surface area contributed by atoms with Gasteiger partial charge in [-0.1, -0.05) is 53.0 Å². The molecule has 0 aliphatic rings. The second-order valence-corrected chi connectivity index (χ2v) is 7.24. The molecule has 0 aliphatic heterocycles. The molecule has 4 nitrogen and oxygen atoms in total. The normalized spacial score (nSPS) is 11.1. The minimum atomic E-state index is -1.31. The van der Waals surface area contributed by atoms with Crippen molar-refractivity contribution in [1.29, 1.82) is 0 Å². The Labute approximate surface area is 161 Å². The Morgan fingerprint density at radius 2 is 1.48 bits per heavy atom. The Kier molecular flexibility index (Phi) is 6.33. The van der Waals surface area contributed by atoms with Crippen LogP contribution in [0.15, 0.2) is 42.5 Å². The average molecular weight is 400 g/mol. The van der Waals surface area contributed by atoms with Crippen molar-refractivity contribution in [2.75, 3.05) is 5.32 Å². The Morgan fingerprint density at radius 1 is 0.920 bits per heavy atom. The third-order valence-corrected chi connectivity index (χ3v) is 4.58. The zero-order valence-corrected chi connectivity index (χ0v) is 16.0. The zero-order valence-electron chi connectivity index (χ0n) is 13.7. The van der Waals surface area contributed by atoms with Crippen LogP contribution >= 0.6 is 34.8 Å². The highest BCUT2D eigenvalue weighted by Crippen LogP contribution is 2.31. The summed E-state index contributed by atoms with van der Waals surface area (Å²) in [6.45, 7) is 3.36. The summed E-state index contributed by atoms with van der Waals surface area (Å²) in [6.07, 6.45) is 0. The van der Waals surface area contributed by atoms with Crippen molar-refractivity contribution >= 4 is 52.3 Å². The zero-order chi connectivity index (χ0) is 18.6. The van der Waals surface area contributed by atoms with Crippen molar-refractivity contribution in [1.82, 2.24) is 5.32 Å². The number of carbonyl (C=O) groups excluding carboxylic acids is 2. The SMILES string of the molecule is CC(C)(C(=O)NCc1ccc(Cl)cc1)C(=O)Nc1c(Cl)cccc1Cl. The van der Waals surface area contributed by atoms with Gasteiger partial charge in [0.25, 0.3) is 0 Å². The molecule has 0 spiro atoms. The van der Waals surface area contributed by atoms with Gasteiger partial charge in [-0.05, 0) is 43.7 Å². The number of halogens is 3. The molecule has 0 unspecified atom stereocenters. The van der Waals surface area contributed by atoms with Crippen LogP contribution in [0.3, 0.4) is 0 Å². The number of para-hydroxylation sites is 1. The molecule has 2 aromatic carbocycles. The van der Waals surface area contributed by atoms with Crippen LogP contribution in [0.4, 0.5) is 5.69 Å². The van der Waals surface area contributed by atoms with Crippen LogP contribution < -0.4 is 10.6 Å². The minimum absolute atomic E-state index is 0.286. The predicted octanol–water partition coefficient (Wildman–Crippen LogP) is 4.93. The summed E-state index contributed by atoms with van der Waals surface area (Å²) in [6, 6.07) is 12.0. The molecule has 2 N–H and O–H groups in total. The van der Waals surface area contributed by atoms with Gasteiger partial charge in [0.2, 0.25) is 11.8 Å². The number of nitrogens with one attached hydrogen (secondary N) is 2. The molecule has 0 fully saturated rings. The first kappa shape index (κ1) is 19.6. The van der Waals surface area contributed by atoms with E-state index in [1.54, 1.807) is 42.5 Å². The fourth-order valence-corrected chi connectivity index (χ4v) is 2.61. The van der Waals surface area contributed by atoms with E-state index in [0.717, 1.165) is 5.56 Å². The minimum Gasteiger partial charge on any atom is -0.351 e. The van der Waals surface area contributed by atoms with Gasteiger partial charge in [-0.3, -0.25) is 9.59 Å². The summed E-state index contributed by atoms with van der Waals surface area (Å²) in [5.74, 6) is -0.917. The van der Waals surface area contributed by atoms with Crippen molar-refractivity contribution in [3.05, 3.63) is 63.1 Å². The highest BCUT2D eigenvalue weighted by Gasteiger charge is 2.36. The summed E-state index contributed by atoms with van der Waals surface area (Å²) in [4.78, 5) is 25.0. The predicted molar refractivity (Wildman–Crippen MR) is 102 cm³/mol. The molecule has 2 aromatic rings. The standard InChI is InChI=1S/C18H17Cl3N2O2/c1-18(2,16(24)22-10-11-6-8-12(19)9-7-11)17(25)23-15-13(20)4-3-5-14(15)21/h3-9H,10H2,1-2H3,(H,22,24)(H,23,25). The van der Waals surface area contributed by atoms with Gasteiger partial charge in [-0.15, -0.1) is 0 Å². The third-order valence-electron chi connectivity index (χ3n) is 3.70. The van der Waals surface area contributed by atoms with Crippen molar-refractivity contribution in [3.8, 4) is 0 Å². The van der Waals surface area contributed by atoms with E-state index in [1.165, 1.54) is 13.8 Å². The van der Waals surface area contributed by atoms with Crippen molar-refractivity contribution in [3.63, 3.8) is 0 Å².